The van der Waals surface area contributed by atoms with Gasteiger partial charge in [0.25, 0.3) is 0 Å². The van der Waals surface area contributed by atoms with Gasteiger partial charge in [0.2, 0.25) is 5.91 Å². The smallest absolute Gasteiger partial charge is 0.328 e. The van der Waals surface area contributed by atoms with Crippen LogP contribution in [-0.2, 0) is 14.4 Å². The number of piperazine rings is 1. The molecule has 10 heteroatoms. The predicted octanol–water partition coefficient (Wildman–Crippen LogP) is 2.09. The molecule has 3 heterocycles. The van der Waals surface area contributed by atoms with Gasteiger partial charge in [0, 0.05) is 72.9 Å². The molecule has 0 aliphatic carbocycles. The Hall–Kier alpha value is -4.18. The lowest BCUT2D eigenvalue weighted by Crippen LogP contribution is -2.49. The van der Waals surface area contributed by atoms with E-state index in [2.05, 4.69) is 20.2 Å². The first-order chi connectivity index (χ1) is 15.9. The van der Waals surface area contributed by atoms with Gasteiger partial charge in [-0.2, -0.15) is 0 Å². The van der Waals surface area contributed by atoms with Gasteiger partial charge >= 0.3 is 11.9 Å². The Morgan fingerprint density at radius 1 is 1.06 bits per heavy atom. The number of anilines is 2. The fourth-order valence-corrected chi connectivity index (χ4v) is 4.02. The third-order valence-electron chi connectivity index (χ3n) is 5.54. The van der Waals surface area contributed by atoms with E-state index in [-0.39, 0.29) is 0 Å². The summed E-state index contributed by atoms with van der Waals surface area (Å²) in [7, 11) is 0. The fourth-order valence-electron chi connectivity index (χ4n) is 4.02. The molecule has 2 aromatic heterocycles. The molecule has 1 aromatic carbocycles. The maximum atomic E-state index is 12.2. The molecule has 10 nitrogen and oxygen atoms in total. The first-order valence-corrected chi connectivity index (χ1v) is 10.4. The second-order valence-corrected chi connectivity index (χ2v) is 7.62. The van der Waals surface area contributed by atoms with Gasteiger partial charge in [-0.25, -0.2) is 9.78 Å². The topological polar surface area (TPSA) is 139 Å². The van der Waals surface area contributed by atoms with E-state index in [1.54, 1.807) is 30.6 Å². The molecule has 1 aliphatic heterocycles. The second kappa shape index (κ2) is 9.53. The highest BCUT2D eigenvalue weighted by Gasteiger charge is 2.32. The van der Waals surface area contributed by atoms with Crippen LogP contribution in [0.3, 0.4) is 0 Å². The molecule has 1 saturated heterocycles. The highest BCUT2D eigenvalue weighted by Crippen LogP contribution is 2.31. The third-order valence-corrected chi connectivity index (χ3v) is 5.54. The Balaban J connectivity index is 1.51. The third kappa shape index (κ3) is 5.01. The van der Waals surface area contributed by atoms with Crippen molar-refractivity contribution in [3.05, 3.63) is 66.5 Å². The minimum atomic E-state index is -1.21. The van der Waals surface area contributed by atoms with E-state index in [0.717, 1.165) is 23.4 Å². The zero-order valence-corrected chi connectivity index (χ0v) is 17.6. The number of carboxylic acids is 2. The van der Waals surface area contributed by atoms with E-state index in [1.165, 1.54) is 0 Å². The van der Waals surface area contributed by atoms with Crippen molar-refractivity contribution in [2.24, 2.45) is 0 Å². The number of hydrogen-bond donors (Lipinski definition) is 4. The van der Waals surface area contributed by atoms with Crippen molar-refractivity contribution in [2.45, 2.75) is 6.04 Å². The summed E-state index contributed by atoms with van der Waals surface area (Å²) in [6.45, 7) is 2.49. The summed E-state index contributed by atoms with van der Waals surface area (Å²) < 4.78 is 0. The van der Waals surface area contributed by atoms with Gasteiger partial charge in [-0.1, -0.05) is 12.1 Å². The van der Waals surface area contributed by atoms with E-state index in [4.69, 9.17) is 5.11 Å². The van der Waals surface area contributed by atoms with E-state index < -0.39 is 23.9 Å². The number of H-pyrrole nitrogens is 1. The van der Waals surface area contributed by atoms with Gasteiger partial charge in [0.1, 0.15) is 11.9 Å². The van der Waals surface area contributed by atoms with Crippen LogP contribution in [0.25, 0.3) is 10.9 Å². The van der Waals surface area contributed by atoms with Crippen LogP contribution in [0.15, 0.2) is 60.9 Å². The van der Waals surface area contributed by atoms with Crippen LogP contribution in [0.1, 0.15) is 11.6 Å². The lowest BCUT2D eigenvalue weighted by atomic mass is 10.0. The Kier molecular flexibility index (Phi) is 6.36. The number of benzene rings is 1. The average molecular weight is 449 g/mol. The van der Waals surface area contributed by atoms with Crippen LogP contribution in [0.5, 0.6) is 0 Å². The van der Waals surface area contributed by atoms with Crippen molar-refractivity contribution in [1.29, 1.82) is 0 Å². The summed E-state index contributed by atoms with van der Waals surface area (Å²) in [4.78, 5) is 46.1. The lowest BCUT2D eigenvalue weighted by Gasteiger charge is -2.38. The van der Waals surface area contributed by atoms with Gasteiger partial charge in [-0.05, 0) is 24.3 Å². The number of nitrogens with one attached hydrogen (secondary N) is 2. The molecule has 3 aromatic rings. The van der Waals surface area contributed by atoms with Gasteiger partial charge in [-0.15, -0.1) is 0 Å². The average Bonchev–Trinajstić information content (AvgIpc) is 3.21. The first-order valence-electron chi connectivity index (χ1n) is 10.4. The molecule has 4 N–H and O–H groups in total. The molecule has 170 valence electrons. The lowest BCUT2D eigenvalue weighted by molar-refractivity contribution is -0.143. The Bertz CT molecular complexity index is 1200. The zero-order chi connectivity index (χ0) is 23.4. The number of aromatic amines is 1. The molecule has 0 bridgehead atoms. The van der Waals surface area contributed by atoms with Crippen molar-refractivity contribution >= 4 is 40.3 Å². The molecule has 4 rings (SSSR count). The van der Waals surface area contributed by atoms with Crippen molar-refractivity contribution in [1.82, 2.24) is 14.9 Å². The van der Waals surface area contributed by atoms with Crippen molar-refractivity contribution in [3.63, 3.8) is 0 Å². The summed E-state index contributed by atoms with van der Waals surface area (Å²) in [6, 6.07) is 10.0. The molecule has 0 unspecified atom stereocenters. The van der Waals surface area contributed by atoms with Gasteiger partial charge < -0.3 is 25.4 Å². The molecule has 1 amide bonds. The fraction of sp³-hybridized carbons (Fsp3) is 0.217. The molecule has 1 aliphatic rings. The van der Waals surface area contributed by atoms with E-state index in [9.17, 15) is 19.5 Å². The van der Waals surface area contributed by atoms with Crippen molar-refractivity contribution < 1.29 is 24.6 Å². The van der Waals surface area contributed by atoms with Crippen molar-refractivity contribution in [3.8, 4) is 0 Å². The van der Waals surface area contributed by atoms with E-state index in [1.807, 2.05) is 23.1 Å². The summed E-state index contributed by atoms with van der Waals surface area (Å²) >= 11 is 0. The number of carboxylic acid groups (broad SMARTS) is 2. The Morgan fingerprint density at radius 3 is 2.52 bits per heavy atom. The van der Waals surface area contributed by atoms with Gasteiger partial charge in [-0.3, -0.25) is 14.5 Å². The van der Waals surface area contributed by atoms with E-state index in [0.29, 0.717) is 42.9 Å². The molecular formula is C23H23N5O5. The monoisotopic (exact) mass is 449 g/mol. The SMILES string of the molecule is O=C(O)/C=C/C(=O)Nc1ccc2c([C@H](C(=O)O)N3CCN(c4ccccn4)CC3)c[nH]c2c1. The zero-order valence-electron chi connectivity index (χ0n) is 17.6. The standard InChI is InChI=1S/C23H23N5O5/c29-20(6-7-21(30)31)26-15-4-5-16-17(14-25-18(16)13-15)22(23(32)33)28-11-9-27(10-12-28)19-3-1-2-8-24-19/h1-8,13-14,22,25H,9-12H2,(H,26,29)(H,30,31)(H,32,33)/b7-6+/t22-/m1/s1. The summed E-state index contributed by atoms with van der Waals surface area (Å²) in [5.74, 6) is -1.84. The van der Waals surface area contributed by atoms with Crippen LogP contribution in [-0.4, -0.2) is 69.1 Å². The number of pyridine rings is 1. The highest BCUT2D eigenvalue weighted by atomic mass is 16.4. The Labute approximate surface area is 189 Å². The number of hydrogen-bond acceptors (Lipinski definition) is 6. The summed E-state index contributed by atoms with van der Waals surface area (Å²) in [6.07, 6.45) is 5.11. The molecule has 0 radical (unpaired) electrons. The second-order valence-electron chi connectivity index (χ2n) is 7.62. The minimum absolute atomic E-state index is 0.465. The highest BCUT2D eigenvalue weighted by molar-refractivity contribution is 6.03. The number of rotatable bonds is 7. The predicted molar refractivity (Wildman–Crippen MR) is 122 cm³/mol. The van der Waals surface area contributed by atoms with E-state index >= 15 is 0 Å². The number of aliphatic carboxylic acids is 2. The number of nitrogens with zero attached hydrogens (tertiary/aromatic N) is 3. The minimum Gasteiger partial charge on any atom is -0.480 e. The van der Waals surface area contributed by atoms with Gasteiger partial charge in [0.15, 0.2) is 0 Å². The molecule has 33 heavy (non-hydrogen) atoms. The normalized spacial score (nSPS) is 15.6. The quantitative estimate of drug-likeness (QED) is 0.402. The maximum Gasteiger partial charge on any atom is 0.328 e. The van der Waals surface area contributed by atoms with Crippen LogP contribution < -0.4 is 10.2 Å². The van der Waals surface area contributed by atoms with Crippen LogP contribution in [0.4, 0.5) is 11.5 Å². The van der Waals surface area contributed by atoms with Crippen molar-refractivity contribution in [2.75, 3.05) is 36.4 Å². The Morgan fingerprint density at radius 2 is 1.85 bits per heavy atom. The molecule has 0 spiro atoms. The number of aromatic nitrogens is 2. The molecular weight excluding hydrogens is 426 g/mol. The van der Waals surface area contributed by atoms with Crippen LogP contribution in [0.2, 0.25) is 0 Å². The molecule has 0 saturated carbocycles. The summed E-state index contributed by atoms with van der Waals surface area (Å²) in [5.41, 5.74) is 1.78. The molecule has 1 fully saturated rings. The molecule has 1 atom stereocenters. The summed E-state index contributed by atoms with van der Waals surface area (Å²) in [5, 5.41) is 22.0. The van der Waals surface area contributed by atoms with Crippen LogP contribution >= 0.6 is 0 Å². The number of amides is 1. The maximum absolute atomic E-state index is 12.2. The number of carbonyl (C=O) groups is 3. The number of fused-ring (bicyclic) bond motifs is 1. The largest absolute Gasteiger partial charge is 0.480 e. The van der Waals surface area contributed by atoms with Gasteiger partial charge in [0.05, 0.1) is 0 Å². The number of carbonyl (C=O) groups excluding carboxylic acids is 1. The van der Waals surface area contributed by atoms with Crippen LogP contribution in [0, 0.1) is 0 Å². The first kappa shape index (κ1) is 22.0.